The van der Waals surface area contributed by atoms with E-state index >= 15 is 0 Å². The highest BCUT2D eigenvalue weighted by molar-refractivity contribution is 6.09. The first kappa shape index (κ1) is 31.3. The van der Waals surface area contributed by atoms with Crippen molar-refractivity contribution in [2.24, 2.45) is 45.3 Å². The Hall–Kier alpha value is -3.30. The molecule has 4 heterocycles. The predicted octanol–water partition coefficient (Wildman–Crippen LogP) is 3.42. The fourth-order valence-electron chi connectivity index (χ4n) is 12.0. The van der Waals surface area contributed by atoms with Gasteiger partial charge in [0.2, 0.25) is 11.8 Å². The van der Waals surface area contributed by atoms with Crippen molar-refractivity contribution in [3.05, 3.63) is 24.3 Å². The molecule has 10 atom stereocenters. The summed E-state index contributed by atoms with van der Waals surface area (Å²) in [6.45, 7) is 12.9. The van der Waals surface area contributed by atoms with Crippen molar-refractivity contribution in [2.45, 2.75) is 90.1 Å². The van der Waals surface area contributed by atoms with Gasteiger partial charge in [-0.05, 0) is 49.7 Å². The zero-order valence-electron chi connectivity index (χ0n) is 27.5. The van der Waals surface area contributed by atoms with Gasteiger partial charge in [-0.3, -0.25) is 28.8 Å². The lowest BCUT2D eigenvalue weighted by Crippen LogP contribution is -2.60. The van der Waals surface area contributed by atoms with Crippen molar-refractivity contribution in [3.63, 3.8) is 0 Å². The Morgan fingerprint density at radius 3 is 1.39 bits per heavy atom. The van der Waals surface area contributed by atoms with Crippen LogP contribution in [0.2, 0.25) is 0 Å². The molecular weight excluding hydrogens is 588 g/mol. The highest BCUT2D eigenvalue weighted by Crippen LogP contribution is 2.68. The summed E-state index contributed by atoms with van der Waals surface area (Å²) in [5.74, 6) is -1.60. The van der Waals surface area contributed by atoms with Gasteiger partial charge in [0.05, 0.1) is 14.2 Å². The Kier molecular flexibility index (Phi) is 6.87. The van der Waals surface area contributed by atoms with Gasteiger partial charge >= 0.3 is 11.9 Å². The molecule has 0 radical (unpaired) electrons. The Bertz CT molecular complexity index is 1390. The Labute approximate surface area is 270 Å². The maximum Gasteiger partial charge on any atom is 0.322 e. The number of nitrogens with zero attached hydrogens (tertiary/aromatic N) is 2. The molecule has 0 N–H and O–H groups in total. The second-order valence-electron chi connectivity index (χ2n) is 15.6. The minimum absolute atomic E-state index is 0.0506. The molecule has 8 aliphatic rings. The van der Waals surface area contributed by atoms with E-state index in [1.165, 1.54) is 14.2 Å². The van der Waals surface area contributed by atoms with E-state index in [4.69, 9.17) is 9.47 Å². The fourth-order valence-corrected chi connectivity index (χ4v) is 12.0. The van der Waals surface area contributed by atoms with E-state index in [1.807, 2.05) is 23.6 Å². The summed E-state index contributed by atoms with van der Waals surface area (Å²) >= 11 is 0. The monoisotopic (exact) mass is 634 g/mol. The van der Waals surface area contributed by atoms with Crippen molar-refractivity contribution < 1.29 is 38.2 Å². The average Bonchev–Trinajstić information content (AvgIpc) is 3.19. The van der Waals surface area contributed by atoms with Crippen LogP contribution in [0.15, 0.2) is 24.3 Å². The Balaban J connectivity index is 0.000000147. The molecule has 10 heteroatoms. The molecule has 0 unspecified atom stereocenters. The number of piperidine rings is 2. The number of fused-ring (bicyclic) bond motifs is 2. The number of methoxy groups -OCH3 is 2. The second kappa shape index (κ2) is 10.1. The number of amides is 2. The van der Waals surface area contributed by atoms with E-state index < -0.39 is 33.6 Å². The first-order chi connectivity index (χ1) is 21.8. The first-order valence-electron chi connectivity index (χ1n) is 17.0. The molecule has 8 fully saturated rings. The molecule has 4 aliphatic heterocycles. The largest absolute Gasteiger partial charge is 0.468 e. The Morgan fingerprint density at radius 1 is 0.674 bits per heavy atom. The third-order valence-corrected chi connectivity index (χ3v) is 14.4. The van der Waals surface area contributed by atoms with Gasteiger partial charge in [-0.25, -0.2) is 0 Å². The number of hydrogen-bond acceptors (Lipinski definition) is 8. The van der Waals surface area contributed by atoms with Gasteiger partial charge in [-0.2, -0.15) is 0 Å². The fraction of sp³-hybridized carbons (Fsp3) is 0.722. The van der Waals surface area contributed by atoms with Gasteiger partial charge in [0.15, 0.2) is 10.8 Å². The maximum absolute atomic E-state index is 13.3. The molecule has 4 aliphatic carbocycles. The van der Waals surface area contributed by atoms with E-state index in [0.717, 1.165) is 49.7 Å². The van der Waals surface area contributed by atoms with Crippen LogP contribution in [0, 0.1) is 45.3 Å². The molecule has 0 aromatic carbocycles. The molecule has 46 heavy (non-hydrogen) atoms. The Morgan fingerprint density at radius 2 is 1.04 bits per heavy atom. The summed E-state index contributed by atoms with van der Waals surface area (Å²) < 4.78 is 10.2. The molecule has 0 spiro atoms. The van der Waals surface area contributed by atoms with E-state index in [1.54, 1.807) is 0 Å². The van der Waals surface area contributed by atoms with Crippen LogP contribution in [0.3, 0.4) is 0 Å². The third kappa shape index (κ3) is 3.33. The molecule has 8 rings (SSSR count). The van der Waals surface area contributed by atoms with Gasteiger partial charge in [-0.15, -0.1) is 0 Å². The van der Waals surface area contributed by atoms with Crippen molar-refractivity contribution in [1.29, 1.82) is 0 Å². The van der Waals surface area contributed by atoms with Crippen LogP contribution in [0.5, 0.6) is 0 Å². The molecule has 0 aromatic heterocycles. The van der Waals surface area contributed by atoms with Gasteiger partial charge in [0.25, 0.3) is 0 Å². The molecule has 4 bridgehead atoms. The van der Waals surface area contributed by atoms with Gasteiger partial charge in [0.1, 0.15) is 11.6 Å². The highest BCUT2D eigenvalue weighted by atomic mass is 16.5. The van der Waals surface area contributed by atoms with E-state index in [0.29, 0.717) is 38.8 Å². The van der Waals surface area contributed by atoms with Gasteiger partial charge in [-0.1, -0.05) is 52.7 Å². The molecule has 0 aromatic rings. The number of hydrogen-bond donors (Lipinski definition) is 0. The number of carbonyl (C=O) groups is 6. The molecule has 2 amide bonds. The summed E-state index contributed by atoms with van der Waals surface area (Å²) in [7, 11) is 2.69. The van der Waals surface area contributed by atoms with Crippen LogP contribution in [0.1, 0.15) is 78.1 Å². The lowest BCUT2D eigenvalue weighted by Gasteiger charge is -2.52. The normalized spacial score (nSPS) is 45.0. The number of ketones is 2. The third-order valence-electron chi connectivity index (χ3n) is 14.4. The van der Waals surface area contributed by atoms with Crippen LogP contribution >= 0.6 is 0 Å². The SMILES string of the molecule is C=C1CN2C(=O)[C@@]3(C(=O)OC)CCCC[C@H]4C(=O)[C@@H]1C[C@@H]2[C@]43C.C=C1CN2C(=O)[C@]3(C(=O)OC)CCCC[C@@H]4C(=O)[C@H]1C[C@H]2[C@@]43C. The summed E-state index contributed by atoms with van der Waals surface area (Å²) in [4.78, 5) is 82.2. The van der Waals surface area contributed by atoms with Gasteiger partial charge < -0.3 is 19.3 Å². The van der Waals surface area contributed by atoms with Crippen LogP contribution in [-0.2, 0) is 38.2 Å². The van der Waals surface area contributed by atoms with E-state index in [9.17, 15) is 28.8 Å². The average molecular weight is 635 g/mol. The molecule has 4 saturated carbocycles. The highest BCUT2D eigenvalue weighted by Gasteiger charge is 2.78. The van der Waals surface area contributed by atoms with Crippen LogP contribution in [-0.4, -0.2) is 84.5 Å². The molecule has 4 saturated heterocycles. The van der Waals surface area contributed by atoms with Crippen LogP contribution in [0.4, 0.5) is 0 Å². The van der Waals surface area contributed by atoms with E-state index in [-0.39, 0.29) is 59.1 Å². The minimum atomic E-state index is -1.20. The molecule has 248 valence electrons. The van der Waals surface area contributed by atoms with E-state index in [2.05, 4.69) is 13.2 Å². The number of rotatable bonds is 2. The topological polar surface area (TPSA) is 127 Å². The maximum atomic E-state index is 13.3. The zero-order chi connectivity index (χ0) is 33.1. The number of carbonyl (C=O) groups excluding carboxylic acids is 6. The predicted molar refractivity (Wildman–Crippen MR) is 165 cm³/mol. The van der Waals surface area contributed by atoms with Gasteiger partial charge in [0, 0.05) is 59.7 Å². The summed E-state index contributed by atoms with van der Waals surface area (Å²) in [6, 6.07) is -0.101. The van der Waals surface area contributed by atoms with Crippen molar-refractivity contribution in [3.8, 4) is 0 Å². The summed E-state index contributed by atoms with van der Waals surface area (Å²) in [5, 5.41) is 0. The van der Waals surface area contributed by atoms with Crippen LogP contribution < -0.4 is 0 Å². The summed E-state index contributed by atoms with van der Waals surface area (Å²) in [5.41, 5.74) is -2.04. The number of ether oxygens (including phenoxy) is 2. The van der Waals surface area contributed by atoms with Crippen molar-refractivity contribution >= 4 is 35.3 Å². The second-order valence-corrected chi connectivity index (χ2v) is 15.6. The molecule has 10 nitrogen and oxygen atoms in total. The first-order valence-corrected chi connectivity index (χ1v) is 17.0. The number of esters is 2. The van der Waals surface area contributed by atoms with Crippen molar-refractivity contribution in [2.75, 3.05) is 27.3 Å². The van der Waals surface area contributed by atoms with Crippen molar-refractivity contribution in [1.82, 2.24) is 9.80 Å². The van der Waals surface area contributed by atoms with Crippen LogP contribution in [0.25, 0.3) is 0 Å². The lowest BCUT2D eigenvalue weighted by atomic mass is 9.50. The smallest absolute Gasteiger partial charge is 0.322 e. The quantitative estimate of drug-likeness (QED) is 0.257. The number of Topliss-reactive ketones (excluding diaryl/α,β-unsaturated/α-hetero) is 2. The minimum Gasteiger partial charge on any atom is -0.468 e. The zero-order valence-corrected chi connectivity index (χ0v) is 27.5. The standard InChI is InChI=1S/2C18H23NO4/c2*1-10-9-19-13-8-11(10)14(20)12-6-4-5-7-18(15(19)21,16(22)23-3)17(12,13)2/h2*11-13H,1,4-9H2,2-3H3/t2*11-,12+,13-,17+,18-/m10/s1. The molecular formula is C36H46N2O8. The lowest BCUT2D eigenvalue weighted by molar-refractivity contribution is -0.171. The summed E-state index contributed by atoms with van der Waals surface area (Å²) in [6.07, 6.45) is 7.06.